The minimum atomic E-state index is -0.518. The monoisotopic (exact) mass is 434 g/mol. The number of hydrogen-bond acceptors (Lipinski definition) is 5. The summed E-state index contributed by atoms with van der Waals surface area (Å²) in [6.45, 7) is 12.0. The molecule has 0 aromatic heterocycles. The first kappa shape index (κ1) is 24.8. The second kappa shape index (κ2) is 11.8. The minimum Gasteiger partial charge on any atom is -0.494 e. The van der Waals surface area contributed by atoms with Crippen molar-refractivity contribution in [1.82, 2.24) is 10.2 Å². The lowest BCUT2D eigenvalue weighted by atomic mass is 9.89. The van der Waals surface area contributed by atoms with E-state index in [1.807, 2.05) is 56.9 Å². The molecule has 0 aliphatic carbocycles. The molecule has 174 valence electrons. The number of amides is 2. The zero-order valence-electron chi connectivity index (χ0n) is 19.6. The van der Waals surface area contributed by atoms with Gasteiger partial charge in [-0.25, -0.2) is 4.79 Å². The zero-order chi connectivity index (χ0) is 22.9. The Hall–Kier alpha value is -2.44. The lowest BCUT2D eigenvalue weighted by Gasteiger charge is -2.38. The molecule has 1 heterocycles. The summed E-state index contributed by atoms with van der Waals surface area (Å²) in [6, 6.07) is 7.54. The Labute approximate surface area is 186 Å². The van der Waals surface area contributed by atoms with Gasteiger partial charge in [0, 0.05) is 25.6 Å². The summed E-state index contributed by atoms with van der Waals surface area (Å²) in [5, 5.41) is 2.99. The smallest absolute Gasteiger partial charge is 0.407 e. The average molecular weight is 435 g/mol. The Balaban J connectivity index is 1.72. The molecule has 1 aliphatic heterocycles. The van der Waals surface area contributed by atoms with Crippen LogP contribution in [-0.4, -0.2) is 54.8 Å². The number of nitrogens with zero attached hydrogens (tertiary/aromatic N) is 1. The Morgan fingerprint density at radius 1 is 1.10 bits per heavy atom. The number of likely N-dealkylation sites (tertiary alicyclic amines) is 1. The molecule has 0 radical (unpaired) electrons. The Morgan fingerprint density at radius 2 is 1.74 bits per heavy atom. The summed E-state index contributed by atoms with van der Waals surface area (Å²) < 4.78 is 16.5. The molecule has 0 saturated carbocycles. The first-order chi connectivity index (χ1) is 14.7. The third-order valence-electron chi connectivity index (χ3n) is 5.25. The fourth-order valence-electron chi connectivity index (χ4n) is 3.69. The normalized spacial score (nSPS) is 18.9. The standard InChI is InChI=1S/C24H38N2O5/c1-6-18-17-26(15-14-21(18)25-23(28)31-24(3,4)5)22(27)9-8-16-30-20-12-10-19(11-13-20)29-7-2/h10-13,18,21H,6-9,14-17H2,1-5H3,(H,25,28)/t18-,21+/m0/s1. The molecule has 0 unspecified atom stereocenters. The molecule has 2 rings (SSSR count). The van der Waals surface area contributed by atoms with Crippen LogP contribution >= 0.6 is 0 Å². The number of ether oxygens (including phenoxy) is 3. The number of nitrogens with one attached hydrogen (secondary N) is 1. The van der Waals surface area contributed by atoms with Crippen LogP contribution in [0.1, 0.15) is 60.3 Å². The van der Waals surface area contributed by atoms with Crippen molar-refractivity contribution >= 4 is 12.0 Å². The van der Waals surface area contributed by atoms with Crippen LogP contribution in [0.2, 0.25) is 0 Å². The summed E-state index contributed by atoms with van der Waals surface area (Å²) in [5.74, 6) is 1.96. The van der Waals surface area contributed by atoms with Crippen molar-refractivity contribution in [3.05, 3.63) is 24.3 Å². The summed E-state index contributed by atoms with van der Waals surface area (Å²) in [7, 11) is 0. The van der Waals surface area contributed by atoms with Gasteiger partial charge in [-0.2, -0.15) is 0 Å². The maximum Gasteiger partial charge on any atom is 0.407 e. The van der Waals surface area contributed by atoms with Crippen molar-refractivity contribution in [2.75, 3.05) is 26.3 Å². The van der Waals surface area contributed by atoms with Crippen LogP contribution in [0.4, 0.5) is 4.79 Å². The van der Waals surface area contributed by atoms with Crippen molar-refractivity contribution < 1.29 is 23.8 Å². The van der Waals surface area contributed by atoms with Gasteiger partial charge in [0.15, 0.2) is 0 Å². The highest BCUT2D eigenvalue weighted by molar-refractivity contribution is 5.76. The first-order valence-electron chi connectivity index (χ1n) is 11.3. The molecule has 7 heteroatoms. The number of alkyl carbamates (subject to hydrolysis) is 1. The summed E-state index contributed by atoms with van der Waals surface area (Å²) in [4.78, 5) is 26.7. The largest absolute Gasteiger partial charge is 0.494 e. The van der Waals surface area contributed by atoms with E-state index >= 15 is 0 Å². The maximum absolute atomic E-state index is 12.6. The molecule has 7 nitrogen and oxygen atoms in total. The third kappa shape index (κ3) is 8.67. The van der Waals surface area contributed by atoms with Gasteiger partial charge in [-0.1, -0.05) is 6.92 Å². The van der Waals surface area contributed by atoms with Gasteiger partial charge >= 0.3 is 6.09 Å². The molecule has 1 fully saturated rings. The van der Waals surface area contributed by atoms with E-state index in [0.717, 1.165) is 24.3 Å². The van der Waals surface area contributed by atoms with Gasteiger partial charge in [0.05, 0.1) is 13.2 Å². The van der Waals surface area contributed by atoms with Crippen LogP contribution in [0, 0.1) is 5.92 Å². The molecule has 1 saturated heterocycles. The van der Waals surface area contributed by atoms with Gasteiger partial charge < -0.3 is 24.4 Å². The van der Waals surface area contributed by atoms with E-state index < -0.39 is 5.60 Å². The van der Waals surface area contributed by atoms with Crippen molar-refractivity contribution in [3.8, 4) is 11.5 Å². The highest BCUT2D eigenvalue weighted by Crippen LogP contribution is 2.22. The molecule has 1 aromatic rings. The average Bonchev–Trinajstić information content (AvgIpc) is 2.71. The Bertz CT molecular complexity index is 699. The van der Waals surface area contributed by atoms with Crippen LogP contribution in [-0.2, 0) is 9.53 Å². The predicted molar refractivity (Wildman–Crippen MR) is 120 cm³/mol. The molecule has 31 heavy (non-hydrogen) atoms. The van der Waals surface area contributed by atoms with E-state index in [-0.39, 0.29) is 24.0 Å². The quantitative estimate of drug-likeness (QED) is 0.583. The van der Waals surface area contributed by atoms with E-state index in [9.17, 15) is 9.59 Å². The van der Waals surface area contributed by atoms with E-state index in [4.69, 9.17) is 14.2 Å². The van der Waals surface area contributed by atoms with Crippen molar-refractivity contribution in [3.63, 3.8) is 0 Å². The molecular formula is C24H38N2O5. The second-order valence-corrected chi connectivity index (χ2v) is 8.91. The summed E-state index contributed by atoms with van der Waals surface area (Å²) in [5.41, 5.74) is -0.518. The molecule has 2 atom stereocenters. The van der Waals surface area contributed by atoms with Gasteiger partial charge in [0.2, 0.25) is 5.91 Å². The molecule has 1 N–H and O–H groups in total. The van der Waals surface area contributed by atoms with E-state index in [0.29, 0.717) is 39.1 Å². The summed E-state index contributed by atoms with van der Waals surface area (Å²) >= 11 is 0. The van der Waals surface area contributed by atoms with Gasteiger partial charge in [0.25, 0.3) is 0 Å². The molecular weight excluding hydrogens is 396 g/mol. The van der Waals surface area contributed by atoms with E-state index in [2.05, 4.69) is 12.2 Å². The summed E-state index contributed by atoms with van der Waals surface area (Å²) in [6.07, 6.45) is 2.37. The van der Waals surface area contributed by atoms with E-state index in [1.54, 1.807) is 0 Å². The number of hydrogen-bond donors (Lipinski definition) is 1. The Morgan fingerprint density at radius 3 is 2.32 bits per heavy atom. The van der Waals surface area contributed by atoms with E-state index in [1.165, 1.54) is 0 Å². The van der Waals surface area contributed by atoms with Gasteiger partial charge in [-0.05, 0) is 77.1 Å². The number of benzene rings is 1. The number of piperidine rings is 1. The number of carbonyl (C=O) groups excluding carboxylic acids is 2. The highest BCUT2D eigenvalue weighted by Gasteiger charge is 2.32. The molecule has 2 amide bonds. The predicted octanol–water partition coefficient (Wildman–Crippen LogP) is 4.40. The van der Waals surface area contributed by atoms with Crippen LogP contribution in [0.3, 0.4) is 0 Å². The SMILES string of the molecule is CCOc1ccc(OCCCC(=O)N2CC[C@@H](NC(=O)OC(C)(C)C)[C@@H](CC)C2)cc1. The maximum atomic E-state index is 12.6. The third-order valence-corrected chi connectivity index (χ3v) is 5.25. The lowest BCUT2D eigenvalue weighted by Crippen LogP contribution is -2.53. The highest BCUT2D eigenvalue weighted by atomic mass is 16.6. The van der Waals surface area contributed by atoms with Crippen LogP contribution < -0.4 is 14.8 Å². The number of rotatable bonds is 9. The van der Waals surface area contributed by atoms with Crippen LogP contribution in [0.25, 0.3) is 0 Å². The Kier molecular flexibility index (Phi) is 9.46. The zero-order valence-corrected chi connectivity index (χ0v) is 19.6. The van der Waals surface area contributed by atoms with Crippen LogP contribution in [0.15, 0.2) is 24.3 Å². The number of carbonyl (C=O) groups is 2. The van der Waals surface area contributed by atoms with Gasteiger partial charge in [-0.3, -0.25) is 4.79 Å². The fraction of sp³-hybridized carbons (Fsp3) is 0.667. The first-order valence-corrected chi connectivity index (χ1v) is 11.3. The molecule has 1 aromatic carbocycles. The second-order valence-electron chi connectivity index (χ2n) is 8.91. The van der Waals surface area contributed by atoms with Crippen molar-refractivity contribution in [2.24, 2.45) is 5.92 Å². The molecule has 0 bridgehead atoms. The molecule has 0 spiro atoms. The topological polar surface area (TPSA) is 77.1 Å². The van der Waals surface area contributed by atoms with Crippen LogP contribution in [0.5, 0.6) is 11.5 Å². The van der Waals surface area contributed by atoms with Crippen molar-refractivity contribution in [2.45, 2.75) is 71.9 Å². The molecule has 1 aliphatic rings. The van der Waals surface area contributed by atoms with Gasteiger partial charge in [-0.15, -0.1) is 0 Å². The lowest BCUT2D eigenvalue weighted by molar-refractivity contribution is -0.133. The minimum absolute atomic E-state index is 0.0342. The van der Waals surface area contributed by atoms with Crippen molar-refractivity contribution in [1.29, 1.82) is 0 Å². The van der Waals surface area contributed by atoms with Gasteiger partial charge in [0.1, 0.15) is 17.1 Å². The fourth-order valence-corrected chi connectivity index (χ4v) is 3.69.